The van der Waals surface area contributed by atoms with E-state index in [1.165, 1.54) is 0 Å². The maximum absolute atomic E-state index is 12.0. The summed E-state index contributed by atoms with van der Waals surface area (Å²) >= 11 is 0. The highest BCUT2D eigenvalue weighted by Gasteiger charge is 2.13. The summed E-state index contributed by atoms with van der Waals surface area (Å²) in [6.07, 6.45) is 0. The number of nitrogens with one attached hydrogen (secondary N) is 2. The molecule has 0 fully saturated rings. The van der Waals surface area contributed by atoms with E-state index in [0.29, 0.717) is 24.6 Å². The van der Waals surface area contributed by atoms with Crippen LogP contribution in [-0.4, -0.2) is 31.5 Å². The van der Waals surface area contributed by atoms with Crippen LogP contribution < -0.4 is 20.3 Å². The molecule has 2 aromatic carbocycles. The Morgan fingerprint density at radius 1 is 0.889 bits per heavy atom. The summed E-state index contributed by atoms with van der Waals surface area (Å²) in [5, 5.41) is 5.21. The SMILES string of the molecule is CCOc1ccc(NC(=O)C(=O)NCc2ccc(N(CC)CC)cc2)cc1. The van der Waals surface area contributed by atoms with E-state index in [2.05, 4.69) is 29.4 Å². The summed E-state index contributed by atoms with van der Waals surface area (Å²) in [6, 6.07) is 14.8. The molecule has 2 aromatic rings. The Bertz CT molecular complexity index is 738. The maximum atomic E-state index is 12.0. The van der Waals surface area contributed by atoms with Crippen LogP contribution in [0.15, 0.2) is 48.5 Å². The second-order valence-corrected chi connectivity index (χ2v) is 5.93. The zero-order chi connectivity index (χ0) is 19.6. The molecule has 0 heterocycles. The van der Waals surface area contributed by atoms with Gasteiger partial charge in [-0.2, -0.15) is 0 Å². The highest BCUT2D eigenvalue weighted by atomic mass is 16.5. The second-order valence-electron chi connectivity index (χ2n) is 5.93. The fraction of sp³-hybridized carbons (Fsp3) is 0.333. The van der Waals surface area contributed by atoms with Crippen molar-refractivity contribution in [3.8, 4) is 5.75 Å². The molecule has 0 saturated carbocycles. The Kier molecular flexibility index (Phi) is 7.67. The summed E-state index contributed by atoms with van der Waals surface area (Å²) in [7, 11) is 0. The first-order valence-electron chi connectivity index (χ1n) is 9.23. The van der Waals surface area contributed by atoms with Crippen LogP contribution >= 0.6 is 0 Å². The number of carbonyl (C=O) groups is 2. The molecule has 2 rings (SSSR count). The number of hydrogen-bond acceptors (Lipinski definition) is 4. The standard InChI is InChI=1S/C21H27N3O3/c1-4-24(5-2)18-11-7-16(8-12-18)15-22-20(25)21(26)23-17-9-13-19(14-10-17)27-6-3/h7-14H,4-6,15H2,1-3H3,(H,22,25)(H,23,26). The first-order chi connectivity index (χ1) is 13.1. The van der Waals surface area contributed by atoms with Crippen molar-refractivity contribution in [2.75, 3.05) is 29.9 Å². The molecule has 6 heteroatoms. The molecule has 0 bridgehead atoms. The molecule has 144 valence electrons. The van der Waals surface area contributed by atoms with Crippen molar-refractivity contribution in [2.45, 2.75) is 27.3 Å². The van der Waals surface area contributed by atoms with Gasteiger partial charge in [0.2, 0.25) is 0 Å². The summed E-state index contributed by atoms with van der Waals surface area (Å²) < 4.78 is 5.34. The largest absolute Gasteiger partial charge is 0.494 e. The number of carbonyl (C=O) groups excluding carboxylic acids is 2. The van der Waals surface area contributed by atoms with Gasteiger partial charge in [0.25, 0.3) is 0 Å². The van der Waals surface area contributed by atoms with Crippen LogP contribution in [0.4, 0.5) is 11.4 Å². The van der Waals surface area contributed by atoms with E-state index in [1.54, 1.807) is 24.3 Å². The minimum atomic E-state index is -0.695. The molecule has 0 unspecified atom stereocenters. The Hall–Kier alpha value is -3.02. The molecular formula is C21H27N3O3. The van der Waals surface area contributed by atoms with Crippen LogP contribution in [0.2, 0.25) is 0 Å². The average Bonchev–Trinajstić information content (AvgIpc) is 2.69. The molecule has 6 nitrogen and oxygen atoms in total. The van der Waals surface area contributed by atoms with Crippen molar-refractivity contribution in [1.29, 1.82) is 0 Å². The topological polar surface area (TPSA) is 70.7 Å². The van der Waals surface area contributed by atoms with Crippen LogP contribution in [0.3, 0.4) is 0 Å². The van der Waals surface area contributed by atoms with E-state index in [-0.39, 0.29) is 0 Å². The molecule has 2 amide bonds. The van der Waals surface area contributed by atoms with Crippen LogP contribution in [0, 0.1) is 0 Å². The molecule has 0 aromatic heterocycles. The number of ether oxygens (including phenoxy) is 1. The lowest BCUT2D eigenvalue weighted by atomic mass is 10.2. The molecule has 0 atom stereocenters. The smallest absolute Gasteiger partial charge is 0.313 e. The monoisotopic (exact) mass is 369 g/mol. The van der Waals surface area contributed by atoms with Gasteiger partial charge in [-0.1, -0.05) is 12.1 Å². The Balaban J connectivity index is 1.84. The quantitative estimate of drug-likeness (QED) is 0.701. The highest BCUT2D eigenvalue weighted by Crippen LogP contribution is 2.16. The van der Waals surface area contributed by atoms with E-state index in [9.17, 15) is 9.59 Å². The van der Waals surface area contributed by atoms with Crippen LogP contribution in [0.1, 0.15) is 26.3 Å². The van der Waals surface area contributed by atoms with Crippen LogP contribution in [0.5, 0.6) is 5.75 Å². The lowest BCUT2D eigenvalue weighted by molar-refractivity contribution is -0.136. The van der Waals surface area contributed by atoms with Crippen LogP contribution in [0.25, 0.3) is 0 Å². The van der Waals surface area contributed by atoms with Crippen molar-refractivity contribution in [3.63, 3.8) is 0 Å². The van der Waals surface area contributed by atoms with Gasteiger partial charge in [-0.3, -0.25) is 9.59 Å². The third-order valence-corrected chi connectivity index (χ3v) is 4.15. The maximum Gasteiger partial charge on any atom is 0.313 e. The van der Waals surface area contributed by atoms with Gasteiger partial charge < -0.3 is 20.3 Å². The van der Waals surface area contributed by atoms with Gasteiger partial charge in [0.05, 0.1) is 6.61 Å². The molecule has 0 aliphatic heterocycles. The fourth-order valence-electron chi connectivity index (χ4n) is 2.67. The minimum Gasteiger partial charge on any atom is -0.494 e. The van der Waals surface area contributed by atoms with Crippen molar-refractivity contribution < 1.29 is 14.3 Å². The molecule has 0 spiro atoms. The van der Waals surface area contributed by atoms with Crippen molar-refractivity contribution >= 4 is 23.2 Å². The Morgan fingerprint density at radius 3 is 2.07 bits per heavy atom. The van der Waals surface area contributed by atoms with Gasteiger partial charge in [0.15, 0.2) is 0 Å². The van der Waals surface area contributed by atoms with E-state index >= 15 is 0 Å². The van der Waals surface area contributed by atoms with E-state index in [1.807, 2.05) is 31.2 Å². The van der Waals surface area contributed by atoms with E-state index < -0.39 is 11.8 Å². The number of nitrogens with zero attached hydrogens (tertiary/aromatic N) is 1. The predicted octanol–water partition coefficient (Wildman–Crippen LogP) is 3.19. The zero-order valence-corrected chi connectivity index (χ0v) is 16.1. The van der Waals surface area contributed by atoms with Crippen molar-refractivity contribution in [1.82, 2.24) is 5.32 Å². The summed E-state index contributed by atoms with van der Waals surface area (Å²) in [4.78, 5) is 26.2. The highest BCUT2D eigenvalue weighted by molar-refractivity contribution is 6.39. The lowest BCUT2D eigenvalue weighted by Gasteiger charge is -2.21. The molecule has 0 aliphatic carbocycles. The number of hydrogen-bond donors (Lipinski definition) is 2. The zero-order valence-electron chi connectivity index (χ0n) is 16.1. The normalized spacial score (nSPS) is 10.2. The molecule has 27 heavy (non-hydrogen) atoms. The minimum absolute atomic E-state index is 0.300. The van der Waals surface area contributed by atoms with Gasteiger partial charge in [0, 0.05) is 31.0 Å². The summed E-state index contributed by atoms with van der Waals surface area (Å²) in [6.45, 7) is 8.88. The molecule has 2 N–H and O–H groups in total. The summed E-state index contributed by atoms with van der Waals surface area (Å²) in [5.74, 6) is -0.649. The average molecular weight is 369 g/mol. The number of rotatable bonds is 8. The van der Waals surface area contributed by atoms with Gasteiger partial charge >= 0.3 is 11.8 Å². The predicted molar refractivity (Wildman–Crippen MR) is 108 cm³/mol. The van der Waals surface area contributed by atoms with Crippen LogP contribution in [-0.2, 0) is 16.1 Å². The van der Waals surface area contributed by atoms with Gasteiger partial charge in [-0.05, 0) is 62.7 Å². The van der Waals surface area contributed by atoms with Crippen molar-refractivity contribution in [2.24, 2.45) is 0 Å². The van der Waals surface area contributed by atoms with Gasteiger partial charge in [-0.25, -0.2) is 0 Å². The Labute approximate surface area is 160 Å². The molecule has 0 radical (unpaired) electrons. The lowest BCUT2D eigenvalue weighted by Crippen LogP contribution is -2.34. The van der Waals surface area contributed by atoms with Gasteiger partial charge in [-0.15, -0.1) is 0 Å². The van der Waals surface area contributed by atoms with E-state index in [0.717, 1.165) is 24.3 Å². The third kappa shape index (κ3) is 6.02. The summed E-state index contributed by atoms with van der Waals surface area (Å²) in [5.41, 5.74) is 2.62. The number of anilines is 2. The fourth-order valence-corrected chi connectivity index (χ4v) is 2.67. The molecule has 0 saturated heterocycles. The van der Waals surface area contributed by atoms with E-state index in [4.69, 9.17) is 4.74 Å². The van der Waals surface area contributed by atoms with Gasteiger partial charge in [0.1, 0.15) is 5.75 Å². The number of benzene rings is 2. The van der Waals surface area contributed by atoms with Crippen molar-refractivity contribution in [3.05, 3.63) is 54.1 Å². The molecular weight excluding hydrogens is 342 g/mol. The first kappa shape index (κ1) is 20.3. The Morgan fingerprint density at radius 2 is 1.52 bits per heavy atom. The first-order valence-corrected chi connectivity index (χ1v) is 9.23. The molecule has 0 aliphatic rings. The number of amides is 2. The third-order valence-electron chi connectivity index (χ3n) is 4.15. The second kappa shape index (κ2) is 10.2.